The second-order valence-corrected chi connectivity index (χ2v) is 6.65. The number of hydrogen-bond acceptors (Lipinski definition) is 3. The number of aryl methyl sites for hydroxylation is 2. The number of carbonyl (C=O) groups is 1. The molecule has 1 fully saturated rings. The third kappa shape index (κ3) is 2.76. The van der Waals surface area contributed by atoms with Gasteiger partial charge in [-0.25, -0.2) is 9.78 Å². The Morgan fingerprint density at radius 2 is 2.00 bits per heavy atom. The Morgan fingerprint density at radius 1 is 1.29 bits per heavy atom. The van der Waals surface area contributed by atoms with E-state index in [1.54, 1.807) is 0 Å². The summed E-state index contributed by atoms with van der Waals surface area (Å²) in [4.78, 5) is 18.4. The van der Waals surface area contributed by atoms with Gasteiger partial charge in [0.1, 0.15) is 11.4 Å². The molecule has 1 aromatic rings. The van der Waals surface area contributed by atoms with E-state index < -0.39 is 5.97 Å². The molecule has 0 spiro atoms. The highest BCUT2D eigenvalue weighted by Crippen LogP contribution is 2.32. The highest BCUT2D eigenvalue weighted by Gasteiger charge is 2.27. The molecule has 1 aromatic heterocycles. The van der Waals surface area contributed by atoms with Crippen molar-refractivity contribution in [3.05, 3.63) is 22.9 Å². The van der Waals surface area contributed by atoms with Gasteiger partial charge in [-0.2, -0.15) is 0 Å². The van der Waals surface area contributed by atoms with Crippen LogP contribution in [0.1, 0.15) is 60.6 Å². The predicted molar refractivity (Wildman–Crippen MR) is 83.0 cm³/mol. The average molecular weight is 288 g/mol. The summed E-state index contributed by atoms with van der Waals surface area (Å²) in [5.41, 5.74) is 2.60. The van der Waals surface area contributed by atoms with E-state index in [1.807, 2.05) is 13.1 Å². The lowest BCUT2D eigenvalue weighted by Gasteiger charge is -2.35. The number of rotatable bonds is 3. The van der Waals surface area contributed by atoms with Crippen molar-refractivity contribution in [3.63, 3.8) is 0 Å². The molecular formula is C17H24N2O2. The first-order valence-corrected chi connectivity index (χ1v) is 8.05. The smallest absolute Gasteiger partial charge is 0.339 e. The number of carboxylic acids is 1. The minimum Gasteiger partial charge on any atom is -0.478 e. The van der Waals surface area contributed by atoms with Gasteiger partial charge in [-0.3, -0.25) is 0 Å². The highest BCUT2D eigenvalue weighted by atomic mass is 16.4. The van der Waals surface area contributed by atoms with Gasteiger partial charge in [0.2, 0.25) is 0 Å². The molecule has 0 bridgehead atoms. The Hall–Kier alpha value is -1.58. The standard InChI is InChI=1S/C17H24N2O2/c1-11-6-8-13(9-7-11)19(2)16-14(17(20)21)10-12-4-3-5-15(12)18-16/h10-11,13H,3-9H2,1-2H3,(H,20,21). The van der Waals surface area contributed by atoms with Gasteiger partial charge in [0, 0.05) is 18.8 Å². The zero-order valence-corrected chi connectivity index (χ0v) is 12.9. The van der Waals surface area contributed by atoms with Crippen molar-refractivity contribution in [2.45, 2.75) is 57.9 Å². The van der Waals surface area contributed by atoms with Crippen molar-refractivity contribution in [3.8, 4) is 0 Å². The molecule has 0 saturated heterocycles. The molecule has 0 aliphatic heterocycles. The molecule has 2 aliphatic rings. The number of aromatic carboxylic acids is 1. The molecule has 1 heterocycles. The molecule has 0 amide bonds. The van der Waals surface area contributed by atoms with Crippen LogP contribution in [0.15, 0.2) is 6.07 Å². The lowest BCUT2D eigenvalue weighted by Crippen LogP contribution is -2.36. The van der Waals surface area contributed by atoms with Crippen molar-refractivity contribution in [1.29, 1.82) is 0 Å². The summed E-state index contributed by atoms with van der Waals surface area (Å²) in [6.07, 6.45) is 7.76. The van der Waals surface area contributed by atoms with Crippen molar-refractivity contribution in [2.24, 2.45) is 5.92 Å². The Kier molecular flexibility index (Phi) is 3.87. The topological polar surface area (TPSA) is 53.4 Å². The van der Waals surface area contributed by atoms with E-state index in [0.29, 0.717) is 17.4 Å². The average Bonchev–Trinajstić information content (AvgIpc) is 2.93. The number of carboxylic acid groups (broad SMARTS) is 1. The van der Waals surface area contributed by atoms with Crippen LogP contribution in [0.3, 0.4) is 0 Å². The van der Waals surface area contributed by atoms with Crippen LogP contribution in [-0.4, -0.2) is 29.1 Å². The molecule has 4 nitrogen and oxygen atoms in total. The van der Waals surface area contributed by atoms with E-state index >= 15 is 0 Å². The first-order valence-electron chi connectivity index (χ1n) is 8.05. The van der Waals surface area contributed by atoms with Crippen molar-refractivity contribution in [1.82, 2.24) is 4.98 Å². The van der Waals surface area contributed by atoms with Crippen LogP contribution in [0.2, 0.25) is 0 Å². The van der Waals surface area contributed by atoms with E-state index in [-0.39, 0.29) is 0 Å². The number of nitrogens with zero attached hydrogens (tertiary/aromatic N) is 2. The summed E-state index contributed by atoms with van der Waals surface area (Å²) in [5.74, 6) is 0.604. The fourth-order valence-corrected chi connectivity index (χ4v) is 3.69. The SMILES string of the molecule is CC1CCC(N(C)c2nc3c(cc2C(=O)O)CCC3)CC1. The number of fused-ring (bicyclic) bond motifs is 1. The fourth-order valence-electron chi connectivity index (χ4n) is 3.69. The number of aromatic nitrogens is 1. The normalized spacial score (nSPS) is 24.7. The van der Waals surface area contributed by atoms with E-state index in [1.165, 1.54) is 12.8 Å². The zero-order chi connectivity index (χ0) is 15.0. The van der Waals surface area contributed by atoms with Crippen molar-refractivity contribution < 1.29 is 9.90 Å². The second kappa shape index (κ2) is 5.66. The molecule has 0 unspecified atom stereocenters. The Labute approximate surface area is 126 Å². The number of pyridine rings is 1. The highest BCUT2D eigenvalue weighted by molar-refractivity contribution is 5.93. The van der Waals surface area contributed by atoms with Gasteiger partial charge in [-0.1, -0.05) is 6.92 Å². The third-order valence-electron chi connectivity index (χ3n) is 5.13. The molecule has 1 saturated carbocycles. The maximum Gasteiger partial charge on any atom is 0.339 e. The zero-order valence-electron chi connectivity index (χ0n) is 12.9. The lowest BCUT2D eigenvalue weighted by atomic mass is 9.86. The quantitative estimate of drug-likeness (QED) is 0.927. The molecule has 3 rings (SSSR count). The Balaban J connectivity index is 1.91. The first-order chi connectivity index (χ1) is 10.1. The van der Waals surface area contributed by atoms with Crippen LogP contribution in [0, 0.1) is 5.92 Å². The van der Waals surface area contributed by atoms with Gasteiger partial charge in [0.25, 0.3) is 0 Å². The van der Waals surface area contributed by atoms with Crippen LogP contribution < -0.4 is 4.90 Å². The lowest BCUT2D eigenvalue weighted by molar-refractivity contribution is 0.0697. The largest absolute Gasteiger partial charge is 0.478 e. The molecule has 0 radical (unpaired) electrons. The van der Waals surface area contributed by atoms with Gasteiger partial charge in [0.05, 0.1) is 0 Å². The number of anilines is 1. The minimum absolute atomic E-state index is 0.372. The van der Waals surface area contributed by atoms with E-state index in [4.69, 9.17) is 4.98 Å². The molecule has 2 aliphatic carbocycles. The van der Waals surface area contributed by atoms with Crippen molar-refractivity contribution in [2.75, 3.05) is 11.9 Å². The summed E-state index contributed by atoms with van der Waals surface area (Å²) in [6, 6.07) is 2.28. The van der Waals surface area contributed by atoms with Gasteiger partial charge in [-0.05, 0) is 62.5 Å². The molecule has 1 N–H and O–H groups in total. The van der Waals surface area contributed by atoms with Crippen LogP contribution in [-0.2, 0) is 12.8 Å². The molecular weight excluding hydrogens is 264 g/mol. The predicted octanol–water partition coefficient (Wildman–Crippen LogP) is 3.28. The van der Waals surface area contributed by atoms with E-state index in [9.17, 15) is 9.90 Å². The summed E-state index contributed by atoms with van der Waals surface area (Å²) in [5, 5.41) is 9.52. The maximum atomic E-state index is 11.6. The maximum absolute atomic E-state index is 11.6. The fraction of sp³-hybridized carbons (Fsp3) is 0.647. The van der Waals surface area contributed by atoms with Crippen molar-refractivity contribution >= 4 is 11.8 Å². The Morgan fingerprint density at radius 3 is 2.67 bits per heavy atom. The molecule has 4 heteroatoms. The summed E-state index contributed by atoms with van der Waals surface area (Å²) in [7, 11) is 2.01. The van der Waals surface area contributed by atoms with Gasteiger partial charge in [0.15, 0.2) is 0 Å². The second-order valence-electron chi connectivity index (χ2n) is 6.65. The van der Waals surface area contributed by atoms with Crippen LogP contribution in [0.25, 0.3) is 0 Å². The van der Waals surface area contributed by atoms with Crippen LogP contribution in [0.5, 0.6) is 0 Å². The first kappa shape index (κ1) is 14.4. The van der Waals surface area contributed by atoms with E-state index in [0.717, 1.165) is 49.3 Å². The van der Waals surface area contributed by atoms with E-state index in [2.05, 4.69) is 11.8 Å². The van der Waals surface area contributed by atoms with Crippen LogP contribution >= 0.6 is 0 Å². The monoisotopic (exact) mass is 288 g/mol. The summed E-state index contributed by atoms with van der Waals surface area (Å²) < 4.78 is 0. The van der Waals surface area contributed by atoms with Gasteiger partial charge >= 0.3 is 5.97 Å². The Bertz CT molecular complexity index is 548. The molecule has 114 valence electrons. The summed E-state index contributed by atoms with van der Waals surface area (Å²) >= 11 is 0. The summed E-state index contributed by atoms with van der Waals surface area (Å²) in [6.45, 7) is 2.30. The minimum atomic E-state index is -0.858. The number of hydrogen-bond donors (Lipinski definition) is 1. The van der Waals surface area contributed by atoms with Gasteiger partial charge < -0.3 is 10.0 Å². The molecule has 0 atom stereocenters. The van der Waals surface area contributed by atoms with Crippen LogP contribution in [0.4, 0.5) is 5.82 Å². The third-order valence-corrected chi connectivity index (χ3v) is 5.13. The molecule has 21 heavy (non-hydrogen) atoms. The molecule has 0 aromatic carbocycles. The van der Waals surface area contributed by atoms with Gasteiger partial charge in [-0.15, -0.1) is 0 Å².